The van der Waals surface area contributed by atoms with Crippen LogP contribution in [0.4, 0.5) is 5.69 Å². The Morgan fingerprint density at radius 3 is 2.85 bits per heavy atom. The van der Waals surface area contributed by atoms with E-state index in [1.165, 1.54) is 0 Å². The molecule has 0 amide bonds. The van der Waals surface area contributed by atoms with Gasteiger partial charge in [0, 0.05) is 5.56 Å². The summed E-state index contributed by atoms with van der Waals surface area (Å²) in [6.45, 7) is 1.95. The van der Waals surface area contributed by atoms with Gasteiger partial charge in [0.25, 0.3) is 0 Å². The number of carbonyl (C=O) groups is 1. The van der Waals surface area contributed by atoms with Crippen molar-refractivity contribution < 1.29 is 14.3 Å². The van der Waals surface area contributed by atoms with Gasteiger partial charge in [-0.1, -0.05) is 11.6 Å². The van der Waals surface area contributed by atoms with Crippen molar-refractivity contribution in [3.63, 3.8) is 0 Å². The average molecular weight is 291 g/mol. The van der Waals surface area contributed by atoms with Gasteiger partial charge in [-0.05, 0) is 31.2 Å². The molecule has 1 aromatic heterocycles. The van der Waals surface area contributed by atoms with Crippen molar-refractivity contribution in [3.05, 3.63) is 51.9 Å². The standard InChI is InChI=1S/C14H11ClN2O3/c1-8-4-10(20-13(8)14(18)19)7-17-12-5-9(6-16)2-3-11(12)15/h2-5,17H,7H2,1H3,(H,18,19). The molecule has 20 heavy (non-hydrogen) atoms. The lowest BCUT2D eigenvalue weighted by atomic mass is 10.2. The van der Waals surface area contributed by atoms with E-state index in [0.29, 0.717) is 27.6 Å². The lowest BCUT2D eigenvalue weighted by Gasteiger charge is -2.06. The van der Waals surface area contributed by atoms with Crippen LogP contribution in [0.2, 0.25) is 5.02 Å². The Kier molecular flexibility index (Phi) is 3.97. The monoisotopic (exact) mass is 290 g/mol. The van der Waals surface area contributed by atoms with E-state index in [9.17, 15) is 4.79 Å². The van der Waals surface area contributed by atoms with Gasteiger partial charge in [0.05, 0.1) is 28.9 Å². The number of rotatable bonds is 4. The molecular weight excluding hydrogens is 280 g/mol. The van der Waals surface area contributed by atoms with E-state index in [-0.39, 0.29) is 12.3 Å². The minimum Gasteiger partial charge on any atom is -0.475 e. The molecule has 0 aliphatic carbocycles. The highest BCUT2D eigenvalue weighted by atomic mass is 35.5. The molecule has 1 aromatic carbocycles. The quantitative estimate of drug-likeness (QED) is 0.901. The summed E-state index contributed by atoms with van der Waals surface area (Å²) >= 11 is 6.01. The number of nitriles is 1. The van der Waals surface area contributed by atoms with Gasteiger partial charge in [-0.2, -0.15) is 5.26 Å². The molecule has 0 spiro atoms. The number of hydrogen-bond donors (Lipinski definition) is 2. The van der Waals surface area contributed by atoms with Gasteiger partial charge in [0.1, 0.15) is 5.76 Å². The van der Waals surface area contributed by atoms with Crippen molar-refractivity contribution in [1.82, 2.24) is 0 Å². The van der Waals surface area contributed by atoms with Crippen LogP contribution < -0.4 is 5.32 Å². The van der Waals surface area contributed by atoms with Gasteiger partial charge < -0.3 is 14.8 Å². The zero-order chi connectivity index (χ0) is 14.7. The Morgan fingerprint density at radius 1 is 1.50 bits per heavy atom. The highest BCUT2D eigenvalue weighted by molar-refractivity contribution is 6.33. The maximum absolute atomic E-state index is 10.9. The molecule has 0 radical (unpaired) electrons. The minimum atomic E-state index is -1.10. The van der Waals surface area contributed by atoms with Crippen LogP contribution in [-0.2, 0) is 6.54 Å². The van der Waals surface area contributed by atoms with Crippen molar-refractivity contribution in [3.8, 4) is 6.07 Å². The van der Waals surface area contributed by atoms with E-state index in [2.05, 4.69) is 5.32 Å². The molecule has 2 N–H and O–H groups in total. The van der Waals surface area contributed by atoms with Gasteiger partial charge in [-0.25, -0.2) is 4.79 Å². The SMILES string of the molecule is Cc1cc(CNc2cc(C#N)ccc2Cl)oc1C(=O)O. The average Bonchev–Trinajstić information content (AvgIpc) is 2.79. The van der Waals surface area contributed by atoms with Crippen molar-refractivity contribution in [2.45, 2.75) is 13.5 Å². The smallest absolute Gasteiger partial charge is 0.372 e. The zero-order valence-electron chi connectivity index (χ0n) is 10.6. The Balaban J connectivity index is 2.15. The summed E-state index contributed by atoms with van der Waals surface area (Å²) in [4.78, 5) is 10.9. The Morgan fingerprint density at radius 2 is 2.25 bits per heavy atom. The second kappa shape index (κ2) is 5.68. The van der Waals surface area contributed by atoms with Crippen molar-refractivity contribution >= 4 is 23.3 Å². The summed E-state index contributed by atoms with van der Waals surface area (Å²) in [5, 5.41) is 21.2. The van der Waals surface area contributed by atoms with Crippen molar-refractivity contribution in [2.75, 3.05) is 5.32 Å². The number of carboxylic acids is 1. The summed E-state index contributed by atoms with van der Waals surface area (Å²) in [5.74, 6) is -0.685. The first-order valence-corrected chi connectivity index (χ1v) is 6.15. The minimum absolute atomic E-state index is 0.0707. The number of anilines is 1. The third-order valence-corrected chi connectivity index (χ3v) is 3.04. The first-order chi connectivity index (χ1) is 9.51. The van der Waals surface area contributed by atoms with Crippen LogP contribution in [0, 0.1) is 18.3 Å². The van der Waals surface area contributed by atoms with E-state index >= 15 is 0 Å². The topological polar surface area (TPSA) is 86.3 Å². The fourth-order valence-electron chi connectivity index (χ4n) is 1.76. The molecule has 0 bridgehead atoms. The molecule has 0 fully saturated rings. The first-order valence-electron chi connectivity index (χ1n) is 5.77. The largest absolute Gasteiger partial charge is 0.475 e. The zero-order valence-corrected chi connectivity index (χ0v) is 11.4. The maximum atomic E-state index is 10.9. The van der Waals surface area contributed by atoms with Crippen LogP contribution in [0.15, 0.2) is 28.7 Å². The van der Waals surface area contributed by atoms with Crippen LogP contribution in [-0.4, -0.2) is 11.1 Å². The number of aryl methyl sites for hydroxylation is 1. The number of carboxylic acid groups (broad SMARTS) is 1. The second-order valence-corrected chi connectivity index (χ2v) is 4.60. The second-order valence-electron chi connectivity index (χ2n) is 4.19. The molecule has 0 saturated carbocycles. The summed E-state index contributed by atoms with van der Waals surface area (Å²) in [6.07, 6.45) is 0. The third-order valence-electron chi connectivity index (χ3n) is 2.71. The van der Waals surface area contributed by atoms with Crippen LogP contribution in [0.1, 0.15) is 27.4 Å². The van der Waals surface area contributed by atoms with E-state index < -0.39 is 5.97 Å². The molecule has 0 aliphatic heterocycles. The van der Waals surface area contributed by atoms with Crippen molar-refractivity contribution in [1.29, 1.82) is 5.26 Å². The number of furan rings is 1. The molecule has 2 rings (SSSR count). The Labute approximate surface area is 120 Å². The number of halogens is 1. The lowest BCUT2D eigenvalue weighted by Crippen LogP contribution is -1.99. The van der Waals surface area contributed by atoms with E-state index in [4.69, 9.17) is 26.4 Å². The molecule has 0 atom stereocenters. The fourth-order valence-corrected chi connectivity index (χ4v) is 1.94. The van der Waals surface area contributed by atoms with Gasteiger partial charge in [-0.15, -0.1) is 0 Å². The fraction of sp³-hybridized carbons (Fsp3) is 0.143. The van der Waals surface area contributed by atoms with Gasteiger partial charge in [0.2, 0.25) is 5.76 Å². The predicted octanol–water partition coefficient (Wildman–Crippen LogP) is 3.42. The summed E-state index contributed by atoms with van der Waals surface area (Å²) < 4.78 is 5.22. The summed E-state index contributed by atoms with van der Waals surface area (Å²) in [6, 6.07) is 8.54. The summed E-state index contributed by atoms with van der Waals surface area (Å²) in [5.41, 5.74) is 1.64. The molecule has 6 heteroatoms. The highest BCUT2D eigenvalue weighted by Gasteiger charge is 2.14. The first kappa shape index (κ1) is 14.0. The molecule has 102 valence electrons. The molecular formula is C14H11ClN2O3. The Bertz CT molecular complexity index is 701. The molecule has 0 unspecified atom stereocenters. The van der Waals surface area contributed by atoms with Crippen molar-refractivity contribution in [2.24, 2.45) is 0 Å². The van der Waals surface area contributed by atoms with E-state index in [0.717, 1.165) is 0 Å². The molecule has 2 aromatic rings. The van der Waals surface area contributed by atoms with Crippen LogP contribution in [0.5, 0.6) is 0 Å². The maximum Gasteiger partial charge on any atom is 0.372 e. The van der Waals surface area contributed by atoms with Gasteiger partial charge >= 0.3 is 5.97 Å². The molecule has 5 nitrogen and oxygen atoms in total. The number of benzene rings is 1. The Hall–Kier alpha value is -2.45. The number of hydrogen-bond acceptors (Lipinski definition) is 4. The summed E-state index contributed by atoms with van der Waals surface area (Å²) in [7, 11) is 0. The number of aromatic carboxylic acids is 1. The normalized spacial score (nSPS) is 10.1. The van der Waals surface area contributed by atoms with E-state index in [1.807, 2.05) is 6.07 Å². The lowest BCUT2D eigenvalue weighted by molar-refractivity contribution is 0.0659. The predicted molar refractivity (Wildman–Crippen MR) is 73.9 cm³/mol. The number of nitrogens with zero attached hydrogens (tertiary/aromatic N) is 1. The van der Waals surface area contributed by atoms with Gasteiger partial charge in [0.15, 0.2) is 0 Å². The molecule has 1 heterocycles. The van der Waals surface area contributed by atoms with E-state index in [1.54, 1.807) is 31.2 Å². The van der Waals surface area contributed by atoms with Crippen LogP contribution in [0.3, 0.4) is 0 Å². The van der Waals surface area contributed by atoms with Gasteiger partial charge in [-0.3, -0.25) is 0 Å². The highest BCUT2D eigenvalue weighted by Crippen LogP contribution is 2.24. The van der Waals surface area contributed by atoms with Crippen LogP contribution in [0.25, 0.3) is 0 Å². The van der Waals surface area contributed by atoms with Crippen LogP contribution >= 0.6 is 11.6 Å². The molecule has 0 saturated heterocycles. The third kappa shape index (κ3) is 2.92. The molecule has 0 aliphatic rings. The number of nitrogens with one attached hydrogen (secondary N) is 1.